The maximum Gasteiger partial charge on any atom is 0.411 e. The molecule has 0 bridgehead atoms. The number of carboxylic acids is 1. The monoisotopic (exact) mass is 347 g/mol. The molecule has 1 N–H and O–H groups in total. The minimum absolute atomic E-state index is 0.0255. The number of carboxylic acid groups (broad SMARTS) is 1. The molecule has 0 aliphatic carbocycles. The van der Waals surface area contributed by atoms with Crippen LogP contribution in [-0.4, -0.2) is 40.3 Å². The first-order chi connectivity index (χ1) is 11.8. The summed E-state index contributed by atoms with van der Waals surface area (Å²) in [7, 11) is 0. The number of aliphatic carboxylic acids is 1. The summed E-state index contributed by atoms with van der Waals surface area (Å²) in [5.74, 6) is -0.960. The molecule has 5 heteroatoms. The number of hydrogen-bond donors (Lipinski definition) is 1. The van der Waals surface area contributed by atoms with Crippen LogP contribution >= 0.6 is 0 Å². The Morgan fingerprint density at radius 1 is 1.24 bits per heavy atom. The number of nitrogens with zero attached hydrogens (tertiary/aromatic N) is 1. The van der Waals surface area contributed by atoms with Crippen molar-refractivity contribution in [1.82, 2.24) is 4.90 Å². The van der Waals surface area contributed by atoms with Gasteiger partial charge in [-0.15, -0.1) is 0 Å². The molecule has 1 heterocycles. The standard InChI is InChI=1S/C20H29NO4/c1-20(2,3)25-19(24)21-14-8-13-16(17(21)18(22)23)12-7-11-15-9-5-4-6-10-15/h4-6,9-10,16-17H,7-8,11-14H2,1-3H3,(H,22,23)/t16-,17+/m0/s1. The Balaban J connectivity index is 1.99. The van der Waals surface area contributed by atoms with Gasteiger partial charge in [0.15, 0.2) is 0 Å². The van der Waals surface area contributed by atoms with E-state index >= 15 is 0 Å². The fraction of sp³-hybridized carbons (Fsp3) is 0.600. The molecule has 1 aliphatic rings. The molecule has 5 nitrogen and oxygen atoms in total. The van der Waals surface area contributed by atoms with Crippen LogP contribution in [0.5, 0.6) is 0 Å². The third-order valence-electron chi connectivity index (χ3n) is 4.52. The molecular formula is C20H29NO4. The van der Waals surface area contributed by atoms with E-state index in [0.29, 0.717) is 6.54 Å². The number of ether oxygens (including phenoxy) is 1. The van der Waals surface area contributed by atoms with Crippen molar-refractivity contribution in [3.8, 4) is 0 Å². The fourth-order valence-corrected chi connectivity index (χ4v) is 3.45. The van der Waals surface area contributed by atoms with E-state index in [-0.39, 0.29) is 5.92 Å². The molecule has 1 fully saturated rings. The molecule has 0 spiro atoms. The molecule has 0 unspecified atom stereocenters. The van der Waals surface area contributed by atoms with Crippen molar-refractivity contribution in [3.05, 3.63) is 35.9 Å². The SMILES string of the molecule is CC(C)(C)OC(=O)N1CCC[C@H](CCCc2ccccc2)[C@@H]1C(=O)O. The summed E-state index contributed by atoms with van der Waals surface area (Å²) >= 11 is 0. The lowest BCUT2D eigenvalue weighted by atomic mass is 9.85. The van der Waals surface area contributed by atoms with E-state index in [1.165, 1.54) is 10.5 Å². The average molecular weight is 347 g/mol. The lowest BCUT2D eigenvalue weighted by Gasteiger charge is -2.39. The Labute approximate surface area is 150 Å². The molecule has 1 aromatic rings. The number of benzene rings is 1. The number of likely N-dealkylation sites (tertiary alicyclic amines) is 1. The molecule has 0 aromatic heterocycles. The number of aryl methyl sites for hydroxylation is 1. The van der Waals surface area contributed by atoms with Crippen LogP contribution in [-0.2, 0) is 16.0 Å². The van der Waals surface area contributed by atoms with Crippen molar-refractivity contribution in [2.45, 2.75) is 64.5 Å². The summed E-state index contributed by atoms with van der Waals surface area (Å²) < 4.78 is 5.40. The summed E-state index contributed by atoms with van der Waals surface area (Å²) in [6.45, 7) is 5.83. The first-order valence-electron chi connectivity index (χ1n) is 9.04. The number of amides is 1. The van der Waals surface area contributed by atoms with Gasteiger partial charge < -0.3 is 9.84 Å². The summed E-state index contributed by atoms with van der Waals surface area (Å²) in [5.41, 5.74) is 0.634. The van der Waals surface area contributed by atoms with E-state index in [1.54, 1.807) is 20.8 Å². The summed E-state index contributed by atoms with van der Waals surface area (Å²) in [6, 6.07) is 9.40. The Morgan fingerprint density at radius 2 is 1.92 bits per heavy atom. The van der Waals surface area contributed by atoms with Crippen LogP contribution in [0.15, 0.2) is 30.3 Å². The van der Waals surface area contributed by atoms with E-state index in [9.17, 15) is 14.7 Å². The lowest BCUT2D eigenvalue weighted by Crippen LogP contribution is -2.53. The van der Waals surface area contributed by atoms with Gasteiger partial charge in [-0.2, -0.15) is 0 Å². The van der Waals surface area contributed by atoms with Gasteiger partial charge in [-0.3, -0.25) is 4.90 Å². The molecule has 0 radical (unpaired) electrons. The van der Waals surface area contributed by atoms with E-state index < -0.39 is 23.7 Å². The Kier molecular flexibility index (Phi) is 6.45. The smallest absolute Gasteiger partial charge is 0.411 e. The van der Waals surface area contributed by atoms with Gasteiger partial charge in [0.1, 0.15) is 11.6 Å². The van der Waals surface area contributed by atoms with Gasteiger partial charge in [-0.25, -0.2) is 9.59 Å². The van der Waals surface area contributed by atoms with Gasteiger partial charge in [0.05, 0.1) is 0 Å². The van der Waals surface area contributed by atoms with Crippen molar-refractivity contribution in [1.29, 1.82) is 0 Å². The van der Waals surface area contributed by atoms with E-state index in [1.807, 2.05) is 18.2 Å². The molecule has 25 heavy (non-hydrogen) atoms. The zero-order valence-electron chi connectivity index (χ0n) is 15.4. The molecule has 1 aliphatic heterocycles. The first-order valence-corrected chi connectivity index (χ1v) is 9.04. The Morgan fingerprint density at radius 3 is 2.52 bits per heavy atom. The van der Waals surface area contributed by atoms with Gasteiger partial charge in [-0.1, -0.05) is 30.3 Å². The topological polar surface area (TPSA) is 66.8 Å². The second-order valence-electron chi connectivity index (χ2n) is 7.74. The first kappa shape index (κ1) is 19.3. The average Bonchev–Trinajstić information content (AvgIpc) is 2.54. The number of rotatable bonds is 5. The molecule has 1 amide bonds. The molecule has 1 saturated heterocycles. The number of carbonyl (C=O) groups excluding carboxylic acids is 1. The third kappa shape index (κ3) is 5.76. The highest BCUT2D eigenvalue weighted by Crippen LogP contribution is 2.29. The van der Waals surface area contributed by atoms with Gasteiger partial charge in [0.25, 0.3) is 0 Å². The van der Waals surface area contributed by atoms with Gasteiger partial charge in [0.2, 0.25) is 0 Å². The molecule has 2 rings (SSSR count). The van der Waals surface area contributed by atoms with Gasteiger partial charge in [-0.05, 0) is 64.4 Å². The molecule has 1 aromatic carbocycles. The normalized spacial score (nSPS) is 21.0. The maximum atomic E-state index is 12.4. The van der Waals surface area contributed by atoms with Crippen LogP contribution in [0.3, 0.4) is 0 Å². The van der Waals surface area contributed by atoms with E-state index in [4.69, 9.17) is 4.74 Å². The Hall–Kier alpha value is -2.04. The molecular weight excluding hydrogens is 318 g/mol. The Bertz CT molecular complexity index is 579. The molecule has 0 saturated carbocycles. The van der Waals surface area contributed by atoms with E-state index in [2.05, 4.69) is 12.1 Å². The number of carbonyl (C=O) groups is 2. The van der Waals surface area contributed by atoms with Crippen molar-refractivity contribution in [3.63, 3.8) is 0 Å². The van der Waals surface area contributed by atoms with Crippen LogP contribution in [0.4, 0.5) is 4.79 Å². The highest BCUT2D eigenvalue weighted by Gasteiger charge is 2.40. The predicted octanol–water partition coefficient (Wildman–Crippen LogP) is 4.11. The van der Waals surface area contributed by atoms with Crippen LogP contribution in [0.1, 0.15) is 52.0 Å². The van der Waals surface area contributed by atoms with Crippen molar-refractivity contribution in [2.24, 2.45) is 5.92 Å². The van der Waals surface area contributed by atoms with E-state index in [0.717, 1.165) is 32.1 Å². The van der Waals surface area contributed by atoms with Crippen LogP contribution < -0.4 is 0 Å². The minimum Gasteiger partial charge on any atom is -0.480 e. The third-order valence-corrected chi connectivity index (χ3v) is 4.52. The summed E-state index contributed by atoms with van der Waals surface area (Å²) in [5, 5.41) is 9.69. The lowest BCUT2D eigenvalue weighted by molar-refractivity contribution is -0.147. The van der Waals surface area contributed by atoms with Crippen LogP contribution in [0.2, 0.25) is 0 Å². The van der Waals surface area contributed by atoms with Gasteiger partial charge >= 0.3 is 12.1 Å². The highest BCUT2D eigenvalue weighted by molar-refractivity contribution is 5.80. The van der Waals surface area contributed by atoms with Crippen LogP contribution in [0, 0.1) is 5.92 Å². The highest BCUT2D eigenvalue weighted by atomic mass is 16.6. The zero-order chi connectivity index (χ0) is 18.4. The van der Waals surface area contributed by atoms with Crippen molar-refractivity contribution in [2.75, 3.05) is 6.54 Å². The second-order valence-corrected chi connectivity index (χ2v) is 7.74. The molecule has 2 atom stereocenters. The zero-order valence-corrected chi connectivity index (χ0v) is 15.4. The quantitative estimate of drug-likeness (QED) is 0.870. The molecule has 138 valence electrons. The fourth-order valence-electron chi connectivity index (χ4n) is 3.45. The predicted molar refractivity (Wildman–Crippen MR) is 96.5 cm³/mol. The summed E-state index contributed by atoms with van der Waals surface area (Å²) in [4.78, 5) is 25.6. The largest absolute Gasteiger partial charge is 0.480 e. The van der Waals surface area contributed by atoms with Crippen molar-refractivity contribution >= 4 is 12.1 Å². The second kappa shape index (κ2) is 8.37. The maximum absolute atomic E-state index is 12.4. The minimum atomic E-state index is -0.935. The van der Waals surface area contributed by atoms with Gasteiger partial charge in [0, 0.05) is 6.54 Å². The van der Waals surface area contributed by atoms with Crippen molar-refractivity contribution < 1.29 is 19.4 Å². The number of hydrogen-bond acceptors (Lipinski definition) is 3. The van der Waals surface area contributed by atoms with Crippen LogP contribution in [0.25, 0.3) is 0 Å². The summed E-state index contributed by atoms with van der Waals surface area (Å²) in [6.07, 6.45) is 3.78. The number of piperidine rings is 1.